The summed E-state index contributed by atoms with van der Waals surface area (Å²) in [6.45, 7) is 2.67. The van der Waals surface area contributed by atoms with Gasteiger partial charge in [-0.2, -0.15) is 4.31 Å². The first-order chi connectivity index (χ1) is 13.0. The highest BCUT2D eigenvalue weighted by atomic mass is 32.2. The molecule has 7 heteroatoms. The van der Waals surface area contributed by atoms with Crippen LogP contribution < -0.4 is 5.48 Å². The summed E-state index contributed by atoms with van der Waals surface area (Å²) in [6, 6.07) is 15.5. The maximum Gasteiger partial charge on any atom is 0.274 e. The smallest absolute Gasteiger partial charge is 0.269 e. The molecule has 1 N–H and O–H groups in total. The minimum Gasteiger partial charge on any atom is -0.269 e. The van der Waals surface area contributed by atoms with Crippen LogP contribution in [-0.2, 0) is 21.5 Å². The third-order valence-electron chi connectivity index (χ3n) is 4.69. The normalized spacial score (nSPS) is 18.2. The summed E-state index contributed by atoms with van der Waals surface area (Å²) in [5.74, 6) is -0.477. The number of hydrogen-bond acceptors (Lipinski definition) is 4. The number of rotatable bonds is 6. The lowest BCUT2D eigenvalue weighted by atomic mass is 10.1. The first kappa shape index (κ1) is 19.5. The summed E-state index contributed by atoms with van der Waals surface area (Å²) in [5.41, 5.74) is 3.54. The van der Waals surface area contributed by atoms with Crippen LogP contribution >= 0.6 is 0 Å². The molecule has 1 fully saturated rings. The fraction of sp³-hybridized carbons (Fsp3) is 0.350. The van der Waals surface area contributed by atoms with Gasteiger partial charge in [0.1, 0.15) is 0 Å². The molecular formula is C20H24N2O4S. The minimum atomic E-state index is -3.62. The summed E-state index contributed by atoms with van der Waals surface area (Å²) in [4.78, 5) is 17.7. The molecule has 1 heterocycles. The van der Waals surface area contributed by atoms with E-state index in [1.165, 1.54) is 16.4 Å². The Bertz CT molecular complexity index is 884. The van der Waals surface area contributed by atoms with Gasteiger partial charge in [-0.1, -0.05) is 42.8 Å². The number of carbonyl (C=O) groups is 1. The second-order valence-corrected chi connectivity index (χ2v) is 8.58. The molecule has 27 heavy (non-hydrogen) atoms. The van der Waals surface area contributed by atoms with Crippen LogP contribution in [0.2, 0.25) is 0 Å². The van der Waals surface area contributed by atoms with Crippen LogP contribution in [0.5, 0.6) is 0 Å². The van der Waals surface area contributed by atoms with Gasteiger partial charge in [0.05, 0.1) is 11.5 Å². The van der Waals surface area contributed by atoms with Gasteiger partial charge in [-0.15, -0.1) is 0 Å². The Balaban J connectivity index is 1.68. The molecule has 6 nitrogen and oxygen atoms in total. The number of piperidine rings is 1. The number of nitrogens with one attached hydrogen (secondary N) is 1. The molecule has 2 aromatic rings. The van der Waals surface area contributed by atoms with Crippen LogP contribution in [0.1, 0.15) is 42.1 Å². The predicted octanol–water partition coefficient (Wildman–Crippen LogP) is 3.11. The SMILES string of the molecule is C[C@H]1CCCCN1S(=O)(=O)c1cccc(C(=O)NOCc2ccccc2)c1. The highest BCUT2D eigenvalue weighted by Gasteiger charge is 2.31. The van der Waals surface area contributed by atoms with E-state index in [4.69, 9.17) is 4.84 Å². The number of hydrogen-bond donors (Lipinski definition) is 1. The number of hydroxylamine groups is 1. The Labute approximate surface area is 160 Å². The Morgan fingerprint density at radius 1 is 1.15 bits per heavy atom. The van der Waals surface area contributed by atoms with E-state index >= 15 is 0 Å². The first-order valence-electron chi connectivity index (χ1n) is 9.06. The predicted molar refractivity (Wildman–Crippen MR) is 102 cm³/mol. The number of amides is 1. The highest BCUT2D eigenvalue weighted by molar-refractivity contribution is 7.89. The molecule has 1 aliphatic heterocycles. The third kappa shape index (κ3) is 4.74. The van der Waals surface area contributed by atoms with Crippen molar-refractivity contribution in [2.45, 2.75) is 43.7 Å². The van der Waals surface area contributed by atoms with E-state index in [9.17, 15) is 13.2 Å². The lowest BCUT2D eigenvalue weighted by molar-refractivity contribution is 0.0233. The second-order valence-electron chi connectivity index (χ2n) is 6.69. The van der Waals surface area contributed by atoms with E-state index in [1.54, 1.807) is 12.1 Å². The molecule has 1 atom stereocenters. The number of nitrogens with zero attached hydrogens (tertiary/aromatic N) is 1. The van der Waals surface area contributed by atoms with E-state index < -0.39 is 15.9 Å². The molecule has 0 saturated carbocycles. The van der Waals surface area contributed by atoms with Crippen molar-refractivity contribution in [1.82, 2.24) is 9.79 Å². The van der Waals surface area contributed by atoms with Crippen molar-refractivity contribution in [2.75, 3.05) is 6.54 Å². The van der Waals surface area contributed by atoms with Crippen molar-refractivity contribution in [3.05, 3.63) is 65.7 Å². The number of benzene rings is 2. The van der Waals surface area contributed by atoms with Gasteiger partial charge in [0.15, 0.2) is 0 Å². The topological polar surface area (TPSA) is 75.7 Å². The Kier molecular flexibility index (Phi) is 6.26. The van der Waals surface area contributed by atoms with Crippen molar-refractivity contribution < 1.29 is 18.0 Å². The summed E-state index contributed by atoms with van der Waals surface area (Å²) >= 11 is 0. The zero-order chi connectivity index (χ0) is 19.3. The highest BCUT2D eigenvalue weighted by Crippen LogP contribution is 2.25. The second kappa shape index (κ2) is 8.65. The zero-order valence-electron chi connectivity index (χ0n) is 15.3. The number of sulfonamides is 1. The molecule has 0 bridgehead atoms. The van der Waals surface area contributed by atoms with Crippen LogP contribution in [0.4, 0.5) is 0 Å². The average Bonchev–Trinajstić information content (AvgIpc) is 2.69. The van der Waals surface area contributed by atoms with Gasteiger partial charge >= 0.3 is 0 Å². The van der Waals surface area contributed by atoms with Gasteiger partial charge < -0.3 is 0 Å². The van der Waals surface area contributed by atoms with Crippen molar-refractivity contribution >= 4 is 15.9 Å². The van der Waals surface area contributed by atoms with Crippen LogP contribution in [0.25, 0.3) is 0 Å². The Hall–Kier alpha value is -2.22. The van der Waals surface area contributed by atoms with Gasteiger partial charge in [0, 0.05) is 18.2 Å². The van der Waals surface area contributed by atoms with E-state index in [1.807, 2.05) is 37.3 Å². The quantitative estimate of drug-likeness (QED) is 0.772. The van der Waals surface area contributed by atoms with E-state index in [0.717, 1.165) is 24.8 Å². The number of carbonyl (C=O) groups excluding carboxylic acids is 1. The van der Waals surface area contributed by atoms with Crippen LogP contribution in [0, 0.1) is 0 Å². The molecule has 0 radical (unpaired) electrons. The molecule has 0 spiro atoms. The fourth-order valence-electron chi connectivity index (χ4n) is 3.18. The van der Waals surface area contributed by atoms with Gasteiger partial charge in [0.25, 0.3) is 5.91 Å². The fourth-order valence-corrected chi connectivity index (χ4v) is 4.93. The monoisotopic (exact) mass is 388 g/mol. The molecule has 1 amide bonds. The Morgan fingerprint density at radius 2 is 1.93 bits per heavy atom. The van der Waals surface area contributed by atoms with E-state index in [-0.39, 0.29) is 23.1 Å². The maximum atomic E-state index is 12.9. The van der Waals surface area contributed by atoms with Crippen LogP contribution in [-0.4, -0.2) is 31.2 Å². The summed E-state index contributed by atoms with van der Waals surface area (Å²) in [6.07, 6.45) is 2.75. The first-order valence-corrected chi connectivity index (χ1v) is 10.5. The molecule has 1 saturated heterocycles. The summed E-state index contributed by atoms with van der Waals surface area (Å²) in [7, 11) is -3.62. The standard InChI is InChI=1S/C20H24N2O4S/c1-16-8-5-6-13-22(16)27(24,25)19-12-7-11-18(14-19)20(23)21-26-15-17-9-3-2-4-10-17/h2-4,7,9-12,14,16H,5-6,8,13,15H2,1H3,(H,21,23)/t16-/m0/s1. The lowest BCUT2D eigenvalue weighted by Gasteiger charge is -2.32. The largest absolute Gasteiger partial charge is 0.274 e. The molecule has 144 valence electrons. The zero-order valence-corrected chi connectivity index (χ0v) is 16.1. The van der Waals surface area contributed by atoms with Crippen LogP contribution in [0.15, 0.2) is 59.5 Å². The molecule has 1 aliphatic rings. The molecule has 0 aromatic heterocycles. The molecule has 2 aromatic carbocycles. The van der Waals surface area contributed by atoms with Crippen molar-refractivity contribution in [3.63, 3.8) is 0 Å². The van der Waals surface area contributed by atoms with Crippen LogP contribution in [0.3, 0.4) is 0 Å². The minimum absolute atomic E-state index is 0.0320. The van der Waals surface area contributed by atoms with Crippen molar-refractivity contribution in [1.29, 1.82) is 0 Å². The molecule has 3 rings (SSSR count). The van der Waals surface area contributed by atoms with Crippen molar-refractivity contribution in [3.8, 4) is 0 Å². The molecule has 0 aliphatic carbocycles. The molecule has 0 unspecified atom stereocenters. The van der Waals surface area contributed by atoms with Gasteiger partial charge in [-0.3, -0.25) is 9.63 Å². The maximum absolute atomic E-state index is 12.9. The average molecular weight is 388 g/mol. The van der Waals surface area contributed by atoms with E-state index in [0.29, 0.717) is 6.54 Å². The van der Waals surface area contributed by atoms with Gasteiger partial charge in [0.2, 0.25) is 10.0 Å². The Morgan fingerprint density at radius 3 is 2.67 bits per heavy atom. The molecular weight excluding hydrogens is 364 g/mol. The van der Waals surface area contributed by atoms with Crippen molar-refractivity contribution in [2.24, 2.45) is 0 Å². The van der Waals surface area contributed by atoms with E-state index in [2.05, 4.69) is 5.48 Å². The summed E-state index contributed by atoms with van der Waals surface area (Å²) < 4.78 is 27.4. The van der Waals surface area contributed by atoms with Gasteiger partial charge in [-0.25, -0.2) is 13.9 Å². The lowest BCUT2D eigenvalue weighted by Crippen LogP contribution is -2.42. The van der Waals surface area contributed by atoms with Gasteiger partial charge in [-0.05, 0) is 43.5 Å². The summed E-state index contributed by atoms with van der Waals surface area (Å²) in [5, 5.41) is 0. The third-order valence-corrected chi connectivity index (χ3v) is 6.70.